The molecule has 3 aromatic heterocycles. The van der Waals surface area contributed by atoms with Gasteiger partial charge in [0.25, 0.3) is 5.56 Å². The summed E-state index contributed by atoms with van der Waals surface area (Å²) in [5.74, 6) is 1.33. The van der Waals surface area contributed by atoms with E-state index in [0.717, 1.165) is 49.5 Å². The first-order chi connectivity index (χ1) is 15.9. The van der Waals surface area contributed by atoms with Crippen molar-refractivity contribution in [3.63, 3.8) is 0 Å². The molecule has 0 bridgehead atoms. The van der Waals surface area contributed by atoms with Crippen molar-refractivity contribution in [1.29, 1.82) is 0 Å². The van der Waals surface area contributed by atoms with E-state index in [1.165, 1.54) is 11.1 Å². The second-order valence-corrected chi connectivity index (χ2v) is 10.1. The van der Waals surface area contributed by atoms with Gasteiger partial charge < -0.3 is 15.1 Å². The molecule has 8 nitrogen and oxygen atoms in total. The number of anilines is 2. The lowest BCUT2D eigenvalue weighted by atomic mass is 9.93. The molecule has 33 heavy (non-hydrogen) atoms. The minimum Gasteiger partial charge on any atom is -0.466 e. The van der Waals surface area contributed by atoms with Crippen molar-refractivity contribution in [1.82, 2.24) is 24.6 Å². The van der Waals surface area contributed by atoms with Gasteiger partial charge in [-0.3, -0.25) is 4.79 Å². The van der Waals surface area contributed by atoms with Crippen molar-refractivity contribution < 1.29 is 4.42 Å². The second kappa shape index (κ2) is 7.31. The Bertz CT molecular complexity index is 1420. The molecule has 0 spiro atoms. The second-order valence-electron chi connectivity index (χ2n) is 10.1. The molecule has 0 radical (unpaired) electrons. The Labute approximate surface area is 191 Å². The zero-order chi connectivity index (χ0) is 22.7. The third-order valence-corrected chi connectivity index (χ3v) is 6.43. The van der Waals surface area contributed by atoms with E-state index in [-0.39, 0.29) is 17.0 Å². The smallest absolute Gasteiger partial charge is 0.278 e. The fourth-order valence-corrected chi connectivity index (χ4v) is 4.47. The van der Waals surface area contributed by atoms with Gasteiger partial charge in [0.1, 0.15) is 23.1 Å². The molecular formula is C25H28N6O2. The van der Waals surface area contributed by atoms with E-state index in [2.05, 4.69) is 54.6 Å². The van der Waals surface area contributed by atoms with Crippen LogP contribution in [0.4, 0.5) is 11.6 Å². The van der Waals surface area contributed by atoms with Crippen molar-refractivity contribution in [2.75, 3.05) is 11.9 Å². The number of nitrogens with zero attached hydrogens (tertiary/aromatic N) is 4. The predicted molar refractivity (Wildman–Crippen MR) is 127 cm³/mol. The van der Waals surface area contributed by atoms with Gasteiger partial charge in [-0.05, 0) is 49.1 Å². The summed E-state index contributed by atoms with van der Waals surface area (Å²) < 4.78 is 9.59. The van der Waals surface area contributed by atoms with Crippen molar-refractivity contribution >= 4 is 22.7 Å². The fourth-order valence-electron chi connectivity index (χ4n) is 4.47. The summed E-state index contributed by atoms with van der Waals surface area (Å²) in [5, 5.41) is 7.26. The zero-order valence-electron chi connectivity index (χ0n) is 19.2. The van der Waals surface area contributed by atoms with Crippen molar-refractivity contribution in [2.24, 2.45) is 0 Å². The van der Waals surface area contributed by atoms with Crippen LogP contribution in [-0.2, 0) is 18.4 Å². The first kappa shape index (κ1) is 20.2. The lowest BCUT2D eigenvalue weighted by Crippen LogP contribution is -2.23. The van der Waals surface area contributed by atoms with E-state index < -0.39 is 0 Å². The molecule has 170 valence electrons. The van der Waals surface area contributed by atoms with Crippen molar-refractivity contribution in [2.45, 2.75) is 58.0 Å². The van der Waals surface area contributed by atoms with Crippen LogP contribution in [0.1, 0.15) is 56.5 Å². The number of nitrogens with one attached hydrogen (secondary N) is 2. The minimum atomic E-state index is -0.130. The highest BCUT2D eigenvalue weighted by Crippen LogP contribution is 2.36. The number of furan rings is 1. The van der Waals surface area contributed by atoms with Crippen molar-refractivity contribution in [3.8, 4) is 5.69 Å². The summed E-state index contributed by atoms with van der Waals surface area (Å²) in [5.41, 5.74) is 4.81. The average Bonchev–Trinajstić information content (AvgIpc) is 3.42. The fraction of sp³-hybridized carbons (Fsp3) is 0.400. The third kappa shape index (κ3) is 3.54. The first-order valence-corrected chi connectivity index (χ1v) is 11.6. The van der Waals surface area contributed by atoms with Crippen LogP contribution in [0.15, 0.2) is 45.9 Å². The Balaban J connectivity index is 1.44. The van der Waals surface area contributed by atoms with E-state index in [1.807, 2.05) is 15.4 Å². The molecule has 1 aliphatic heterocycles. The van der Waals surface area contributed by atoms with E-state index in [4.69, 9.17) is 9.40 Å². The van der Waals surface area contributed by atoms with Crippen molar-refractivity contribution in [3.05, 3.63) is 64.0 Å². The number of hydrogen-bond acceptors (Lipinski definition) is 6. The SMILES string of the molecule is CC(C)(C)c1cc(-n2c3nc(Nc4ccc5c(c4)CNCC5)ncc3c(=O)n2C2CC2)co1. The zero-order valence-corrected chi connectivity index (χ0v) is 19.2. The van der Waals surface area contributed by atoms with Gasteiger partial charge in [-0.25, -0.2) is 14.3 Å². The van der Waals surface area contributed by atoms with Gasteiger partial charge in [0, 0.05) is 29.9 Å². The summed E-state index contributed by atoms with van der Waals surface area (Å²) >= 11 is 0. The summed E-state index contributed by atoms with van der Waals surface area (Å²) in [7, 11) is 0. The van der Waals surface area contributed by atoms with E-state index >= 15 is 0 Å². The number of fused-ring (bicyclic) bond motifs is 2. The molecule has 1 aromatic carbocycles. The molecule has 0 atom stereocenters. The first-order valence-electron chi connectivity index (χ1n) is 11.6. The standard InChI is InChI=1S/C25H28N6O2/c1-25(2,3)21-11-19(14-33-21)30-22-20(23(32)31(30)18-6-7-18)13-27-24(29-22)28-17-5-4-15-8-9-26-12-16(15)10-17/h4-5,10-11,13-14,18,26H,6-9,12H2,1-3H3,(H,27,28,29). The average molecular weight is 445 g/mol. The van der Waals surface area contributed by atoms with Gasteiger partial charge in [0.05, 0.1) is 6.04 Å². The molecule has 1 aliphatic carbocycles. The summed E-state index contributed by atoms with van der Waals surface area (Å²) in [6.07, 6.45) is 6.36. The molecule has 8 heteroatoms. The molecule has 2 aliphatic rings. The van der Waals surface area contributed by atoms with Crippen LogP contribution >= 0.6 is 0 Å². The molecule has 0 amide bonds. The van der Waals surface area contributed by atoms with Gasteiger partial charge in [0.15, 0.2) is 5.65 Å². The van der Waals surface area contributed by atoms with Gasteiger partial charge >= 0.3 is 0 Å². The van der Waals surface area contributed by atoms with Crippen LogP contribution in [0.2, 0.25) is 0 Å². The topological polar surface area (TPSA) is 89.9 Å². The van der Waals surface area contributed by atoms with Crippen LogP contribution in [0.25, 0.3) is 16.7 Å². The monoisotopic (exact) mass is 444 g/mol. The van der Waals surface area contributed by atoms with Crippen LogP contribution in [-0.4, -0.2) is 25.9 Å². The minimum absolute atomic E-state index is 0.0580. The van der Waals surface area contributed by atoms with E-state index in [1.54, 1.807) is 12.5 Å². The molecular weight excluding hydrogens is 416 g/mol. The largest absolute Gasteiger partial charge is 0.466 e. The predicted octanol–water partition coefficient (Wildman–Crippen LogP) is 4.20. The Morgan fingerprint density at radius 2 is 2.03 bits per heavy atom. The highest BCUT2D eigenvalue weighted by atomic mass is 16.3. The molecule has 2 N–H and O–H groups in total. The van der Waals surface area contributed by atoms with Crippen LogP contribution in [0.3, 0.4) is 0 Å². The Morgan fingerprint density at radius 1 is 1.18 bits per heavy atom. The Morgan fingerprint density at radius 3 is 2.79 bits per heavy atom. The molecule has 4 aromatic rings. The number of benzene rings is 1. The molecule has 4 heterocycles. The Hall–Kier alpha value is -3.39. The molecule has 0 saturated heterocycles. The van der Waals surface area contributed by atoms with Gasteiger partial charge in [-0.15, -0.1) is 0 Å². The maximum absolute atomic E-state index is 13.2. The van der Waals surface area contributed by atoms with Gasteiger partial charge in [0.2, 0.25) is 5.95 Å². The normalized spacial score (nSPS) is 16.2. The van der Waals surface area contributed by atoms with Crippen LogP contribution in [0, 0.1) is 0 Å². The maximum Gasteiger partial charge on any atom is 0.278 e. The number of aromatic nitrogens is 4. The highest BCUT2D eigenvalue weighted by Gasteiger charge is 2.31. The lowest BCUT2D eigenvalue weighted by Gasteiger charge is -2.18. The summed E-state index contributed by atoms with van der Waals surface area (Å²) in [4.78, 5) is 22.5. The maximum atomic E-state index is 13.2. The quantitative estimate of drug-likeness (QED) is 0.490. The van der Waals surface area contributed by atoms with Gasteiger partial charge in [-0.1, -0.05) is 26.8 Å². The number of hydrogen-bond donors (Lipinski definition) is 2. The molecule has 0 unspecified atom stereocenters. The Kier molecular flexibility index (Phi) is 4.48. The third-order valence-electron chi connectivity index (χ3n) is 6.43. The summed E-state index contributed by atoms with van der Waals surface area (Å²) in [6, 6.07) is 8.55. The number of rotatable bonds is 4. The van der Waals surface area contributed by atoms with E-state index in [9.17, 15) is 4.79 Å². The lowest BCUT2D eigenvalue weighted by molar-refractivity contribution is 0.409. The molecule has 6 rings (SSSR count). The van der Waals surface area contributed by atoms with E-state index in [0.29, 0.717) is 17.0 Å². The summed E-state index contributed by atoms with van der Waals surface area (Å²) in [6.45, 7) is 8.20. The van der Waals surface area contributed by atoms with Crippen LogP contribution in [0.5, 0.6) is 0 Å². The highest BCUT2D eigenvalue weighted by molar-refractivity contribution is 5.77. The molecule has 1 saturated carbocycles. The molecule has 1 fully saturated rings. The van der Waals surface area contributed by atoms with Crippen LogP contribution < -0.4 is 16.2 Å². The van der Waals surface area contributed by atoms with Gasteiger partial charge in [-0.2, -0.15) is 4.98 Å².